The van der Waals surface area contributed by atoms with Crippen LogP contribution in [-0.2, 0) is 11.3 Å². The first-order valence-electron chi connectivity index (χ1n) is 9.44. The summed E-state index contributed by atoms with van der Waals surface area (Å²) in [5.74, 6) is 1.49. The molecular weight excluding hydrogens is 324 g/mol. The summed E-state index contributed by atoms with van der Waals surface area (Å²) < 4.78 is 6.30. The third-order valence-electron chi connectivity index (χ3n) is 4.94. The topological polar surface area (TPSA) is 41.6 Å². The van der Waals surface area contributed by atoms with Crippen molar-refractivity contribution >= 4 is 5.91 Å². The van der Waals surface area contributed by atoms with Gasteiger partial charge in [-0.1, -0.05) is 68.8 Å². The number of rotatable bonds is 6. The van der Waals surface area contributed by atoms with Crippen LogP contribution in [-0.4, -0.2) is 30.4 Å². The van der Waals surface area contributed by atoms with Crippen LogP contribution in [0, 0.1) is 5.92 Å². The summed E-state index contributed by atoms with van der Waals surface area (Å²) in [6.45, 7) is 6.83. The fourth-order valence-corrected chi connectivity index (χ4v) is 3.13. The Morgan fingerprint density at radius 3 is 2.69 bits per heavy atom. The van der Waals surface area contributed by atoms with Crippen molar-refractivity contribution in [1.29, 1.82) is 0 Å². The number of benzene rings is 2. The highest BCUT2D eigenvalue weighted by Crippen LogP contribution is 2.30. The molecule has 0 fully saturated rings. The molecule has 0 spiro atoms. The van der Waals surface area contributed by atoms with Gasteiger partial charge in [0.1, 0.15) is 11.9 Å². The number of carbonyl (C=O) groups is 1. The van der Waals surface area contributed by atoms with Crippen molar-refractivity contribution in [3.8, 4) is 5.75 Å². The van der Waals surface area contributed by atoms with Crippen LogP contribution in [0.4, 0.5) is 0 Å². The van der Waals surface area contributed by atoms with E-state index in [4.69, 9.17) is 4.74 Å². The Morgan fingerprint density at radius 1 is 1.19 bits per heavy atom. The predicted octanol–water partition coefficient (Wildman–Crippen LogP) is 3.78. The largest absolute Gasteiger partial charge is 0.484 e. The van der Waals surface area contributed by atoms with Crippen LogP contribution in [0.25, 0.3) is 0 Å². The van der Waals surface area contributed by atoms with E-state index in [1.165, 1.54) is 0 Å². The number of amides is 1. The third kappa shape index (κ3) is 4.85. The average molecular weight is 352 g/mol. The van der Waals surface area contributed by atoms with E-state index < -0.39 is 0 Å². The Morgan fingerprint density at radius 2 is 1.92 bits per heavy atom. The number of fused-ring (bicyclic) bond motifs is 1. The van der Waals surface area contributed by atoms with E-state index in [1.807, 2.05) is 36.4 Å². The van der Waals surface area contributed by atoms with Crippen molar-refractivity contribution in [3.05, 3.63) is 65.7 Å². The lowest BCUT2D eigenvalue weighted by Gasteiger charge is -2.24. The van der Waals surface area contributed by atoms with Gasteiger partial charge in [0.15, 0.2) is 0 Å². The molecule has 1 N–H and O–H groups in total. The van der Waals surface area contributed by atoms with Gasteiger partial charge < -0.3 is 10.1 Å². The standard InChI is InChI=1S/C22H28N2O2/c1-3-17(2)13-23-22(25)16-24-14-19-11-7-8-12-20(19)26-21(15-24)18-9-5-4-6-10-18/h4-12,17,21H,3,13-16H2,1-2H3,(H,23,25)/t17-,21+/m0/s1. The van der Waals surface area contributed by atoms with Crippen molar-refractivity contribution in [3.63, 3.8) is 0 Å². The van der Waals surface area contributed by atoms with E-state index >= 15 is 0 Å². The zero-order chi connectivity index (χ0) is 18.4. The fourth-order valence-electron chi connectivity index (χ4n) is 3.13. The lowest BCUT2D eigenvalue weighted by molar-refractivity contribution is -0.122. The number of para-hydroxylation sites is 1. The quantitative estimate of drug-likeness (QED) is 0.860. The zero-order valence-electron chi connectivity index (χ0n) is 15.7. The Kier molecular flexibility index (Phi) is 6.29. The van der Waals surface area contributed by atoms with Crippen molar-refractivity contribution < 1.29 is 9.53 Å². The van der Waals surface area contributed by atoms with Crippen LogP contribution < -0.4 is 10.1 Å². The Bertz CT molecular complexity index is 717. The molecule has 0 radical (unpaired) electrons. The first-order valence-corrected chi connectivity index (χ1v) is 9.44. The number of nitrogens with one attached hydrogen (secondary N) is 1. The van der Waals surface area contributed by atoms with Crippen LogP contribution in [0.1, 0.15) is 37.5 Å². The lowest BCUT2D eigenvalue weighted by Crippen LogP contribution is -2.39. The minimum Gasteiger partial charge on any atom is -0.484 e. The number of ether oxygens (including phenoxy) is 1. The summed E-state index contributed by atoms with van der Waals surface area (Å²) >= 11 is 0. The van der Waals surface area contributed by atoms with Gasteiger partial charge in [-0.15, -0.1) is 0 Å². The van der Waals surface area contributed by atoms with Gasteiger partial charge >= 0.3 is 0 Å². The third-order valence-corrected chi connectivity index (χ3v) is 4.94. The van der Waals surface area contributed by atoms with E-state index in [2.05, 4.69) is 42.3 Å². The maximum Gasteiger partial charge on any atom is 0.234 e. The number of carbonyl (C=O) groups excluding carboxylic acids is 1. The van der Waals surface area contributed by atoms with Crippen molar-refractivity contribution in [2.45, 2.75) is 32.9 Å². The molecule has 0 bridgehead atoms. The molecule has 3 rings (SSSR count). The zero-order valence-corrected chi connectivity index (χ0v) is 15.7. The Balaban J connectivity index is 1.74. The van der Waals surface area contributed by atoms with Crippen LogP contribution in [0.2, 0.25) is 0 Å². The second-order valence-electron chi connectivity index (χ2n) is 7.11. The number of nitrogens with zero attached hydrogens (tertiary/aromatic N) is 1. The molecule has 2 atom stereocenters. The van der Waals surface area contributed by atoms with Crippen molar-refractivity contribution in [2.24, 2.45) is 5.92 Å². The second-order valence-corrected chi connectivity index (χ2v) is 7.11. The molecule has 0 unspecified atom stereocenters. The van der Waals surface area contributed by atoms with Crippen molar-refractivity contribution in [1.82, 2.24) is 10.2 Å². The molecule has 4 nitrogen and oxygen atoms in total. The molecule has 1 amide bonds. The van der Waals surface area contributed by atoms with Gasteiger partial charge in [0.2, 0.25) is 5.91 Å². The maximum atomic E-state index is 12.4. The highest BCUT2D eigenvalue weighted by atomic mass is 16.5. The van der Waals surface area contributed by atoms with Gasteiger partial charge in [-0.25, -0.2) is 0 Å². The van der Waals surface area contributed by atoms with Crippen molar-refractivity contribution in [2.75, 3.05) is 19.6 Å². The molecule has 2 aromatic carbocycles. The normalized spacial score (nSPS) is 18.3. The summed E-state index contributed by atoms with van der Waals surface area (Å²) in [5.41, 5.74) is 2.26. The first kappa shape index (κ1) is 18.5. The molecule has 0 saturated carbocycles. The molecule has 26 heavy (non-hydrogen) atoms. The molecule has 0 aliphatic carbocycles. The first-order chi connectivity index (χ1) is 12.7. The SMILES string of the molecule is CC[C@H](C)CNC(=O)CN1Cc2ccccc2O[C@@H](c2ccccc2)C1. The fraction of sp³-hybridized carbons (Fsp3) is 0.409. The summed E-state index contributed by atoms with van der Waals surface area (Å²) in [6, 6.07) is 18.3. The molecular formula is C22H28N2O2. The van der Waals surface area contributed by atoms with E-state index in [0.717, 1.165) is 36.4 Å². The van der Waals surface area contributed by atoms with Gasteiger partial charge in [-0.3, -0.25) is 9.69 Å². The summed E-state index contributed by atoms with van der Waals surface area (Å²) in [4.78, 5) is 14.6. The summed E-state index contributed by atoms with van der Waals surface area (Å²) in [6.07, 6.45) is 0.989. The summed E-state index contributed by atoms with van der Waals surface area (Å²) in [7, 11) is 0. The highest BCUT2D eigenvalue weighted by Gasteiger charge is 2.25. The van der Waals surface area contributed by atoms with Gasteiger partial charge in [-0.2, -0.15) is 0 Å². The lowest BCUT2D eigenvalue weighted by atomic mass is 10.1. The van der Waals surface area contributed by atoms with E-state index in [9.17, 15) is 4.79 Å². The monoisotopic (exact) mass is 352 g/mol. The van der Waals surface area contributed by atoms with E-state index in [-0.39, 0.29) is 12.0 Å². The molecule has 138 valence electrons. The maximum absolute atomic E-state index is 12.4. The highest BCUT2D eigenvalue weighted by molar-refractivity contribution is 5.78. The van der Waals surface area contributed by atoms with Crippen LogP contribution in [0.15, 0.2) is 54.6 Å². The van der Waals surface area contributed by atoms with E-state index in [0.29, 0.717) is 19.0 Å². The number of hydrogen-bond donors (Lipinski definition) is 1. The predicted molar refractivity (Wildman–Crippen MR) is 104 cm³/mol. The molecule has 2 aromatic rings. The van der Waals surface area contributed by atoms with E-state index in [1.54, 1.807) is 0 Å². The second kappa shape index (κ2) is 8.86. The Hall–Kier alpha value is -2.33. The van der Waals surface area contributed by atoms with Crippen LogP contribution >= 0.6 is 0 Å². The van der Waals surface area contributed by atoms with Gasteiger partial charge in [0.05, 0.1) is 6.54 Å². The molecule has 0 saturated heterocycles. The minimum absolute atomic E-state index is 0.0801. The number of hydrogen-bond acceptors (Lipinski definition) is 3. The molecule has 1 aliphatic rings. The van der Waals surface area contributed by atoms with Crippen LogP contribution in [0.3, 0.4) is 0 Å². The smallest absolute Gasteiger partial charge is 0.234 e. The molecule has 4 heteroatoms. The molecule has 1 heterocycles. The molecule has 0 aromatic heterocycles. The van der Waals surface area contributed by atoms with Crippen LogP contribution in [0.5, 0.6) is 5.75 Å². The van der Waals surface area contributed by atoms with Gasteiger partial charge in [0.25, 0.3) is 0 Å². The minimum atomic E-state index is -0.0813. The van der Waals surface area contributed by atoms with Gasteiger partial charge in [-0.05, 0) is 17.5 Å². The average Bonchev–Trinajstić information content (AvgIpc) is 2.85. The van der Waals surface area contributed by atoms with Gasteiger partial charge in [0, 0.05) is 25.2 Å². The summed E-state index contributed by atoms with van der Waals surface area (Å²) in [5, 5.41) is 3.06. The Labute approximate surface area is 156 Å². The molecule has 1 aliphatic heterocycles.